The molecule has 0 aromatic rings. The lowest BCUT2D eigenvalue weighted by Gasteiger charge is -2.33. The lowest BCUT2D eigenvalue weighted by Crippen LogP contribution is -2.49. The minimum absolute atomic E-state index is 0.0169. The van der Waals surface area contributed by atoms with Gasteiger partial charge in [-0.05, 0) is 38.1 Å². The largest absolute Gasteiger partial charge is 0.355 e. The Morgan fingerprint density at radius 1 is 1.17 bits per heavy atom. The van der Waals surface area contributed by atoms with Crippen molar-refractivity contribution in [3.63, 3.8) is 0 Å². The summed E-state index contributed by atoms with van der Waals surface area (Å²) in [5.74, 6) is 0.730. The molecule has 132 valence electrons. The molecule has 1 aliphatic heterocycles. The zero-order valence-electron chi connectivity index (χ0n) is 14.4. The maximum atomic E-state index is 12.3. The van der Waals surface area contributed by atoms with Crippen molar-refractivity contribution in [2.24, 2.45) is 17.6 Å². The molecule has 2 rings (SSSR count). The minimum atomic E-state index is -0.0169. The van der Waals surface area contributed by atoms with Crippen molar-refractivity contribution < 1.29 is 9.59 Å². The van der Waals surface area contributed by atoms with Gasteiger partial charge in [0.05, 0.1) is 12.5 Å². The van der Waals surface area contributed by atoms with Crippen molar-refractivity contribution in [3.8, 4) is 0 Å². The van der Waals surface area contributed by atoms with Crippen molar-refractivity contribution >= 4 is 11.8 Å². The van der Waals surface area contributed by atoms with Gasteiger partial charge in [-0.3, -0.25) is 14.5 Å². The molecule has 4 N–H and O–H groups in total. The fraction of sp³-hybridized carbons (Fsp3) is 0.882. The third kappa shape index (κ3) is 5.77. The zero-order valence-corrected chi connectivity index (χ0v) is 14.4. The van der Waals surface area contributed by atoms with Gasteiger partial charge in [0.2, 0.25) is 11.8 Å². The van der Waals surface area contributed by atoms with Gasteiger partial charge in [0.15, 0.2) is 0 Å². The fourth-order valence-corrected chi connectivity index (χ4v) is 3.74. The van der Waals surface area contributed by atoms with Crippen LogP contribution in [0.15, 0.2) is 0 Å². The Hall–Kier alpha value is -1.14. The lowest BCUT2D eigenvalue weighted by molar-refractivity contribution is -0.129. The van der Waals surface area contributed by atoms with Crippen LogP contribution in [0.2, 0.25) is 0 Å². The van der Waals surface area contributed by atoms with Crippen molar-refractivity contribution in [1.29, 1.82) is 0 Å². The second-order valence-electron chi connectivity index (χ2n) is 7.09. The van der Waals surface area contributed by atoms with Gasteiger partial charge in [0.25, 0.3) is 0 Å². The molecule has 1 aliphatic carbocycles. The van der Waals surface area contributed by atoms with Crippen LogP contribution >= 0.6 is 0 Å². The second-order valence-corrected chi connectivity index (χ2v) is 7.09. The van der Waals surface area contributed by atoms with Crippen LogP contribution in [0.3, 0.4) is 0 Å². The number of hydrogen-bond acceptors (Lipinski definition) is 4. The van der Waals surface area contributed by atoms with Gasteiger partial charge in [-0.2, -0.15) is 0 Å². The van der Waals surface area contributed by atoms with E-state index < -0.39 is 0 Å². The average molecular weight is 324 g/mol. The summed E-state index contributed by atoms with van der Waals surface area (Å²) in [6.45, 7) is 5.19. The van der Waals surface area contributed by atoms with Gasteiger partial charge in [-0.1, -0.05) is 19.8 Å². The summed E-state index contributed by atoms with van der Waals surface area (Å²) in [5.41, 5.74) is 5.42. The number of piperidine rings is 1. The Morgan fingerprint density at radius 3 is 2.70 bits per heavy atom. The molecule has 3 unspecified atom stereocenters. The van der Waals surface area contributed by atoms with E-state index in [9.17, 15) is 9.59 Å². The van der Waals surface area contributed by atoms with E-state index in [1.807, 2.05) is 0 Å². The summed E-state index contributed by atoms with van der Waals surface area (Å²) in [7, 11) is 0. The molecular formula is C17H32N4O2. The summed E-state index contributed by atoms with van der Waals surface area (Å²) < 4.78 is 0. The number of nitrogens with one attached hydrogen (secondary N) is 2. The van der Waals surface area contributed by atoms with Gasteiger partial charge in [0, 0.05) is 25.7 Å². The van der Waals surface area contributed by atoms with E-state index in [-0.39, 0.29) is 17.7 Å². The van der Waals surface area contributed by atoms with Crippen LogP contribution in [0, 0.1) is 11.8 Å². The number of carbonyl (C=O) groups is 2. The Morgan fingerprint density at radius 2 is 1.96 bits per heavy atom. The van der Waals surface area contributed by atoms with Crippen LogP contribution in [-0.4, -0.2) is 55.5 Å². The Bertz CT molecular complexity index is 402. The predicted molar refractivity (Wildman–Crippen MR) is 90.8 cm³/mol. The summed E-state index contributed by atoms with van der Waals surface area (Å²) in [4.78, 5) is 26.5. The molecule has 6 heteroatoms. The molecule has 0 radical (unpaired) electrons. The topological polar surface area (TPSA) is 87.5 Å². The van der Waals surface area contributed by atoms with E-state index in [4.69, 9.17) is 5.73 Å². The first-order valence-electron chi connectivity index (χ1n) is 9.09. The van der Waals surface area contributed by atoms with Crippen molar-refractivity contribution in [3.05, 3.63) is 0 Å². The highest BCUT2D eigenvalue weighted by Crippen LogP contribution is 2.23. The molecule has 0 bridgehead atoms. The number of hydrogen-bond donors (Lipinski definition) is 3. The summed E-state index contributed by atoms with van der Waals surface area (Å²) in [6, 6.07) is 0.324. The molecule has 1 saturated carbocycles. The Kier molecular flexibility index (Phi) is 7.30. The molecule has 0 aromatic carbocycles. The number of nitrogens with zero attached hydrogens (tertiary/aromatic N) is 1. The molecular weight excluding hydrogens is 292 g/mol. The smallest absolute Gasteiger partial charge is 0.234 e. The third-order valence-corrected chi connectivity index (χ3v) is 5.14. The van der Waals surface area contributed by atoms with E-state index in [2.05, 4.69) is 22.5 Å². The Labute approximate surface area is 139 Å². The molecule has 1 saturated heterocycles. The molecule has 3 atom stereocenters. The predicted octanol–water partition coefficient (Wildman–Crippen LogP) is 0.468. The number of carbonyl (C=O) groups excluding carboxylic acids is 2. The first kappa shape index (κ1) is 18.2. The summed E-state index contributed by atoms with van der Waals surface area (Å²) in [6.07, 6.45) is 6.65. The molecule has 0 aromatic heterocycles. The van der Waals surface area contributed by atoms with Crippen LogP contribution in [0.1, 0.15) is 45.4 Å². The molecule has 0 spiro atoms. The molecule has 2 aliphatic rings. The number of amides is 2. The number of rotatable bonds is 6. The lowest BCUT2D eigenvalue weighted by atomic mass is 9.86. The van der Waals surface area contributed by atoms with E-state index in [1.165, 1.54) is 19.3 Å². The van der Waals surface area contributed by atoms with Crippen LogP contribution in [-0.2, 0) is 9.59 Å². The first-order valence-corrected chi connectivity index (χ1v) is 9.09. The molecule has 2 amide bonds. The van der Waals surface area contributed by atoms with Gasteiger partial charge in [-0.25, -0.2) is 0 Å². The molecule has 2 fully saturated rings. The van der Waals surface area contributed by atoms with E-state index in [0.29, 0.717) is 38.1 Å². The maximum absolute atomic E-state index is 12.3. The van der Waals surface area contributed by atoms with Crippen LogP contribution in [0.25, 0.3) is 0 Å². The third-order valence-electron chi connectivity index (χ3n) is 5.14. The van der Waals surface area contributed by atoms with Crippen LogP contribution < -0.4 is 16.4 Å². The highest BCUT2D eigenvalue weighted by molar-refractivity contribution is 5.80. The number of nitrogens with two attached hydrogens (primary N) is 1. The quantitative estimate of drug-likeness (QED) is 0.663. The second kappa shape index (κ2) is 9.23. The maximum Gasteiger partial charge on any atom is 0.234 e. The van der Waals surface area contributed by atoms with Crippen LogP contribution in [0.4, 0.5) is 0 Å². The zero-order chi connectivity index (χ0) is 16.7. The van der Waals surface area contributed by atoms with Crippen LogP contribution in [0.5, 0.6) is 0 Å². The molecule has 6 nitrogen and oxygen atoms in total. The van der Waals surface area contributed by atoms with Gasteiger partial charge in [0.1, 0.15) is 0 Å². The normalized spacial score (nSPS) is 29.0. The monoisotopic (exact) mass is 324 g/mol. The number of likely N-dealkylation sites (tertiary alicyclic amines) is 1. The van der Waals surface area contributed by atoms with Crippen molar-refractivity contribution in [2.45, 2.75) is 51.5 Å². The van der Waals surface area contributed by atoms with Gasteiger partial charge < -0.3 is 16.4 Å². The van der Waals surface area contributed by atoms with Gasteiger partial charge >= 0.3 is 0 Å². The van der Waals surface area contributed by atoms with E-state index in [0.717, 1.165) is 25.8 Å². The molecule has 1 heterocycles. The molecule has 23 heavy (non-hydrogen) atoms. The first-order chi connectivity index (χ1) is 11.1. The fourth-order valence-electron chi connectivity index (χ4n) is 3.74. The summed E-state index contributed by atoms with van der Waals surface area (Å²) in [5, 5.41) is 6.05. The van der Waals surface area contributed by atoms with Crippen molar-refractivity contribution in [2.75, 3.05) is 32.7 Å². The van der Waals surface area contributed by atoms with E-state index >= 15 is 0 Å². The van der Waals surface area contributed by atoms with Crippen molar-refractivity contribution in [1.82, 2.24) is 15.5 Å². The van der Waals surface area contributed by atoms with Gasteiger partial charge in [-0.15, -0.1) is 0 Å². The Balaban J connectivity index is 1.75. The average Bonchev–Trinajstić information content (AvgIpc) is 2.55. The highest BCUT2D eigenvalue weighted by Gasteiger charge is 2.28. The summed E-state index contributed by atoms with van der Waals surface area (Å²) >= 11 is 0. The van der Waals surface area contributed by atoms with E-state index in [1.54, 1.807) is 0 Å². The highest BCUT2D eigenvalue weighted by atomic mass is 16.2. The standard InChI is InChI=1S/C17H32N4O2/c1-13-5-2-3-7-15(13)20-16(22)12-21-10-4-6-14(11-21)17(23)19-9-8-18/h13-15H,2-12,18H2,1H3,(H,19,23)(H,20,22). The SMILES string of the molecule is CC1CCCCC1NC(=O)CN1CCCC(C(=O)NCCN)C1. The minimum Gasteiger partial charge on any atom is -0.355 e.